The Balaban J connectivity index is 1.38. The molecule has 0 radical (unpaired) electrons. The van der Waals surface area contributed by atoms with Gasteiger partial charge >= 0.3 is 0 Å². The molecule has 3 aliphatic rings. The van der Waals surface area contributed by atoms with Crippen LogP contribution < -0.4 is 4.72 Å². The van der Waals surface area contributed by atoms with Gasteiger partial charge in [0.1, 0.15) is 4.90 Å². The maximum atomic E-state index is 13.5. The van der Waals surface area contributed by atoms with Crippen molar-refractivity contribution in [2.75, 3.05) is 13.1 Å². The van der Waals surface area contributed by atoms with Gasteiger partial charge in [0.25, 0.3) is 0 Å². The number of pyridine rings is 1. The smallest absolute Gasteiger partial charge is 0.244 e. The summed E-state index contributed by atoms with van der Waals surface area (Å²) >= 11 is 6.04. The second kappa shape index (κ2) is 8.24. The van der Waals surface area contributed by atoms with E-state index < -0.39 is 34.8 Å². The minimum atomic E-state index is -4.23. The standard InChI is InChI=1S/C21H24ClN3O6S3/c22-15-4-7-17(18(13-15)32(26,27)20-3-1-2-10-23-20)34(30,31)25-11-8-21(9-12-25)14-19(21)24-33(28,29)16-5-6-16/h1-4,7,10,13,16,19,24H,5-6,8-9,11-12,14H2. The van der Waals surface area contributed by atoms with Gasteiger partial charge in [0, 0.05) is 30.4 Å². The van der Waals surface area contributed by atoms with Gasteiger partial charge in [-0.3, -0.25) is 0 Å². The SMILES string of the molecule is O=S(=O)(c1ccccn1)c1cc(Cl)ccc1S(=O)(=O)N1CCC2(CC1)CC2NS(=O)(=O)C1CC1. The number of aromatic nitrogens is 1. The highest BCUT2D eigenvalue weighted by atomic mass is 35.5. The number of nitrogens with zero attached hydrogens (tertiary/aromatic N) is 2. The van der Waals surface area contributed by atoms with Gasteiger partial charge in [0.2, 0.25) is 29.9 Å². The molecule has 3 fully saturated rings. The van der Waals surface area contributed by atoms with Crippen LogP contribution in [0.1, 0.15) is 32.1 Å². The Morgan fingerprint density at radius 2 is 1.68 bits per heavy atom. The number of benzene rings is 1. The fraction of sp³-hybridized carbons (Fsp3) is 0.476. The van der Waals surface area contributed by atoms with Gasteiger partial charge in [-0.2, -0.15) is 4.31 Å². The van der Waals surface area contributed by atoms with Crippen molar-refractivity contribution in [3.05, 3.63) is 47.6 Å². The number of rotatable bonds is 7. The van der Waals surface area contributed by atoms with Crippen LogP contribution in [0.5, 0.6) is 0 Å². The third kappa shape index (κ3) is 4.28. The third-order valence-corrected chi connectivity index (χ3v) is 12.9. The van der Waals surface area contributed by atoms with E-state index in [1.807, 2.05) is 0 Å². The summed E-state index contributed by atoms with van der Waals surface area (Å²) in [7, 11) is -11.7. The van der Waals surface area contributed by atoms with Crippen LogP contribution in [0.15, 0.2) is 57.4 Å². The maximum absolute atomic E-state index is 13.5. The lowest BCUT2D eigenvalue weighted by Gasteiger charge is -2.32. The highest BCUT2D eigenvalue weighted by molar-refractivity contribution is 7.93. The van der Waals surface area contributed by atoms with E-state index in [-0.39, 0.29) is 44.7 Å². The van der Waals surface area contributed by atoms with Crippen LogP contribution in [0.25, 0.3) is 0 Å². The lowest BCUT2D eigenvalue weighted by atomic mass is 9.94. The first-order valence-electron chi connectivity index (χ1n) is 10.9. The van der Waals surface area contributed by atoms with Gasteiger partial charge in [0.05, 0.1) is 10.1 Å². The highest BCUT2D eigenvalue weighted by Crippen LogP contribution is 2.55. The third-order valence-electron chi connectivity index (χ3n) is 6.90. The van der Waals surface area contributed by atoms with Gasteiger partial charge in [-0.05, 0) is 67.9 Å². The summed E-state index contributed by atoms with van der Waals surface area (Å²) in [4.78, 5) is 3.11. The first-order chi connectivity index (χ1) is 16.0. The van der Waals surface area contributed by atoms with Crippen molar-refractivity contribution in [2.24, 2.45) is 5.41 Å². The van der Waals surface area contributed by atoms with Gasteiger partial charge in [0.15, 0.2) is 5.03 Å². The zero-order valence-corrected chi connectivity index (χ0v) is 21.3. The maximum Gasteiger partial charge on any atom is 0.244 e. The molecule has 9 nitrogen and oxygen atoms in total. The summed E-state index contributed by atoms with van der Waals surface area (Å²) in [6.45, 7) is 0.353. The van der Waals surface area contributed by atoms with Gasteiger partial charge < -0.3 is 0 Å². The Labute approximate surface area is 204 Å². The van der Waals surface area contributed by atoms with Crippen LogP contribution in [0, 0.1) is 5.41 Å². The molecule has 2 aliphatic carbocycles. The molecule has 1 saturated heterocycles. The van der Waals surface area contributed by atoms with Crippen molar-refractivity contribution < 1.29 is 25.3 Å². The topological polar surface area (TPSA) is 131 Å². The second-order valence-corrected chi connectivity index (χ2v) is 15.3. The molecule has 5 rings (SSSR count). The predicted octanol–water partition coefficient (Wildman–Crippen LogP) is 2.19. The van der Waals surface area contributed by atoms with Crippen LogP contribution in [0.4, 0.5) is 0 Å². The van der Waals surface area contributed by atoms with Crippen LogP contribution in [-0.2, 0) is 29.9 Å². The van der Waals surface area contributed by atoms with Crippen LogP contribution >= 0.6 is 11.6 Å². The van der Waals surface area contributed by atoms with E-state index in [9.17, 15) is 25.3 Å². The van der Waals surface area contributed by atoms with E-state index in [4.69, 9.17) is 11.6 Å². The molecule has 13 heteroatoms. The lowest BCUT2D eigenvalue weighted by Crippen LogP contribution is -2.42. The molecule has 184 valence electrons. The molecule has 1 aromatic carbocycles. The van der Waals surface area contributed by atoms with Crippen LogP contribution in [0.3, 0.4) is 0 Å². The molecule has 0 amide bonds. The Bertz CT molecular complexity index is 1430. The van der Waals surface area contributed by atoms with E-state index >= 15 is 0 Å². The second-order valence-electron chi connectivity index (χ2n) is 9.15. The van der Waals surface area contributed by atoms with E-state index in [1.54, 1.807) is 6.07 Å². The fourth-order valence-electron chi connectivity index (χ4n) is 4.57. The van der Waals surface area contributed by atoms with E-state index in [2.05, 4.69) is 9.71 Å². The minimum Gasteiger partial charge on any atom is -0.244 e. The van der Waals surface area contributed by atoms with Crippen molar-refractivity contribution in [3.8, 4) is 0 Å². The molecule has 1 spiro atoms. The van der Waals surface area contributed by atoms with E-state index in [0.717, 1.165) is 6.07 Å². The zero-order chi connectivity index (χ0) is 24.4. The van der Waals surface area contributed by atoms with Crippen molar-refractivity contribution >= 4 is 41.5 Å². The average molecular weight is 546 g/mol. The summed E-state index contributed by atoms with van der Waals surface area (Å²) in [5.41, 5.74) is -0.239. The van der Waals surface area contributed by atoms with Crippen molar-refractivity contribution in [1.29, 1.82) is 0 Å². The molecule has 1 aromatic heterocycles. The predicted molar refractivity (Wildman–Crippen MR) is 125 cm³/mol. The molecule has 1 aliphatic heterocycles. The van der Waals surface area contributed by atoms with Crippen molar-refractivity contribution in [3.63, 3.8) is 0 Å². The summed E-state index contributed by atoms with van der Waals surface area (Å²) < 4.78 is 82.1. The highest BCUT2D eigenvalue weighted by Gasteiger charge is 2.58. The monoisotopic (exact) mass is 545 g/mol. The number of sulfonamides is 2. The average Bonchev–Trinajstić information content (AvgIpc) is 3.72. The molecular formula is C21H24ClN3O6S3. The fourth-order valence-corrected chi connectivity index (χ4v) is 9.93. The number of halogens is 1. The molecule has 34 heavy (non-hydrogen) atoms. The lowest BCUT2D eigenvalue weighted by molar-refractivity contribution is 0.249. The number of nitrogens with one attached hydrogen (secondary N) is 1. The molecule has 2 aromatic rings. The molecule has 1 N–H and O–H groups in total. The van der Waals surface area contributed by atoms with Crippen LogP contribution in [0.2, 0.25) is 5.02 Å². The first-order valence-corrected chi connectivity index (χ1v) is 15.8. The number of hydrogen-bond donors (Lipinski definition) is 1. The summed E-state index contributed by atoms with van der Waals surface area (Å²) in [5, 5.41) is -0.472. The molecule has 2 saturated carbocycles. The molecule has 1 atom stereocenters. The molecule has 0 bridgehead atoms. The van der Waals surface area contributed by atoms with Crippen molar-refractivity contribution in [1.82, 2.24) is 14.0 Å². The van der Waals surface area contributed by atoms with Crippen molar-refractivity contribution in [2.45, 2.75) is 58.2 Å². The summed E-state index contributed by atoms with van der Waals surface area (Å²) in [6, 6.07) is 7.89. The number of hydrogen-bond acceptors (Lipinski definition) is 7. The first kappa shape index (κ1) is 24.1. The zero-order valence-electron chi connectivity index (χ0n) is 18.1. The van der Waals surface area contributed by atoms with E-state index in [0.29, 0.717) is 32.1 Å². The van der Waals surface area contributed by atoms with Gasteiger partial charge in [-0.15, -0.1) is 0 Å². The summed E-state index contributed by atoms with van der Waals surface area (Å²) in [5.74, 6) is 0. The number of sulfone groups is 1. The Morgan fingerprint density at radius 3 is 2.29 bits per heavy atom. The summed E-state index contributed by atoms with van der Waals surface area (Å²) in [6.07, 6.45) is 4.38. The Hall–Kier alpha value is -1.57. The Kier molecular flexibility index (Phi) is 5.85. The normalized spacial score (nSPS) is 23.1. The van der Waals surface area contributed by atoms with Gasteiger partial charge in [-0.25, -0.2) is 35.0 Å². The molecule has 1 unspecified atom stereocenters. The largest absolute Gasteiger partial charge is 0.244 e. The number of piperidine rings is 1. The molecular weight excluding hydrogens is 522 g/mol. The Morgan fingerprint density at radius 1 is 0.971 bits per heavy atom. The van der Waals surface area contributed by atoms with Gasteiger partial charge in [-0.1, -0.05) is 17.7 Å². The minimum absolute atomic E-state index is 0.0924. The molecule has 2 heterocycles. The van der Waals surface area contributed by atoms with E-state index in [1.165, 1.54) is 34.8 Å². The quantitative estimate of drug-likeness (QED) is 0.564. The van der Waals surface area contributed by atoms with Crippen LogP contribution in [-0.4, -0.2) is 58.9 Å².